The SMILES string of the molecule is O=[SiH2].[CaH2].[NaH]. The van der Waals surface area contributed by atoms with Crippen LogP contribution in [0.5, 0.6) is 0 Å². The van der Waals surface area contributed by atoms with Crippen LogP contribution in [0.15, 0.2) is 0 Å². The zero-order valence-corrected chi connectivity index (χ0v) is 2.53. The summed E-state index contributed by atoms with van der Waals surface area (Å²) in [4.78, 5) is 0. The molecule has 0 aromatic heterocycles. The third-order valence-electron chi connectivity index (χ3n) is 0. The average molecular weight is 112 g/mol. The molecule has 0 rings (SSSR count). The predicted octanol–water partition coefficient (Wildman–Crippen LogP) is -2.60. The molecule has 18 valence electrons. The Morgan fingerprint density at radius 1 is 1.25 bits per heavy atom. The van der Waals surface area contributed by atoms with Crippen LogP contribution in [0.25, 0.3) is 0 Å². The van der Waals surface area contributed by atoms with E-state index in [1.54, 1.807) is 0 Å². The van der Waals surface area contributed by atoms with E-state index in [4.69, 9.17) is 4.46 Å². The summed E-state index contributed by atoms with van der Waals surface area (Å²) in [5.41, 5.74) is 0. The van der Waals surface area contributed by atoms with Crippen LogP contribution in [-0.2, 0) is 4.46 Å². The Morgan fingerprint density at radius 3 is 1.25 bits per heavy atom. The van der Waals surface area contributed by atoms with Gasteiger partial charge in [-0.1, -0.05) is 0 Å². The van der Waals surface area contributed by atoms with E-state index >= 15 is 0 Å². The van der Waals surface area contributed by atoms with Crippen molar-refractivity contribution in [3.05, 3.63) is 0 Å². The molecule has 0 unspecified atom stereocenters. The topological polar surface area (TPSA) is 17.1 Å². The minimum absolute atomic E-state index is 0. The van der Waals surface area contributed by atoms with Gasteiger partial charge in [-0.2, -0.15) is 0 Å². The molecular formula is H5CaNaOSi. The van der Waals surface area contributed by atoms with Crippen LogP contribution in [-0.4, -0.2) is 77.4 Å². The predicted molar refractivity (Wildman–Crippen MR) is 24.9 cm³/mol. The van der Waals surface area contributed by atoms with Gasteiger partial charge >= 0.3 is 67.3 Å². The van der Waals surface area contributed by atoms with Gasteiger partial charge in [0, 0.05) is 0 Å². The monoisotopic (exact) mass is 112 g/mol. The number of hydrogen-bond acceptors (Lipinski definition) is 1. The van der Waals surface area contributed by atoms with Gasteiger partial charge < -0.3 is 4.46 Å². The first-order valence-electron chi connectivity index (χ1n) is 0.289. The van der Waals surface area contributed by atoms with Crippen LogP contribution in [0.4, 0.5) is 0 Å². The van der Waals surface area contributed by atoms with Crippen molar-refractivity contribution in [1.29, 1.82) is 0 Å². The summed E-state index contributed by atoms with van der Waals surface area (Å²) in [6.07, 6.45) is 0. The summed E-state index contributed by atoms with van der Waals surface area (Å²) in [6, 6.07) is 0. The Morgan fingerprint density at radius 2 is 1.25 bits per heavy atom. The molecule has 0 bridgehead atoms. The van der Waals surface area contributed by atoms with Gasteiger partial charge in [-0.15, -0.1) is 0 Å². The molecule has 0 fully saturated rings. The van der Waals surface area contributed by atoms with Gasteiger partial charge in [-0.3, -0.25) is 0 Å². The van der Waals surface area contributed by atoms with Crippen LogP contribution < -0.4 is 0 Å². The van der Waals surface area contributed by atoms with E-state index in [1.165, 1.54) is 0 Å². The molecule has 1 nitrogen and oxygen atoms in total. The van der Waals surface area contributed by atoms with Gasteiger partial charge in [0.25, 0.3) is 0 Å². The van der Waals surface area contributed by atoms with Crippen LogP contribution in [0.2, 0.25) is 0 Å². The van der Waals surface area contributed by atoms with Crippen molar-refractivity contribution in [2.75, 3.05) is 0 Å². The maximum absolute atomic E-state index is 8.28. The van der Waals surface area contributed by atoms with E-state index < -0.39 is 0 Å². The number of rotatable bonds is 0. The fourth-order valence-corrected chi connectivity index (χ4v) is 0. The van der Waals surface area contributed by atoms with Crippen molar-refractivity contribution in [2.45, 2.75) is 0 Å². The summed E-state index contributed by atoms with van der Waals surface area (Å²) in [5, 5.41) is 0. The molecule has 0 N–H and O–H groups in total. The zero-order valence-electron chi connectivity index (χ0n) is 1.12. The second kappa shape index (κ2) is 18.6. The number of hydrogen-bond donors (Lipinski definition) is 0. The fraction of sp³-hybridized carbons (Fsp3) is 0. The van der Waals surface area contributed by atoms with Crippen LogP contribution >= 0.6 is 0 Å². The van der Waals surface area contributed by atoms with E-state index in [0.29, 0.717) is 10.1 Å². The third kappa shape index (κ3) is 8.86. The van der Waals surface area contributed by atoms with E-state index in [-0.39, 0.29) is 67.3 Å². The first-order chi connectivity index (χ1) is 1.00. The summed E-state index contributed by atoms with van der Waals surface area (Å²) in [7, 11) is 0.611. The first-order valence-corrected chi connectivity index (χ1v) is 0.866. The second-order valence-corrected chi connectivity index (χ2v) is 0. The van der Waals surface area contributed by atoms with Crippen molar-refractivity contribution in [3.8, 4) is 0 Å². The first kappa shape index (κ1) is 16.3. The molecule has 0 aromatic rings. The van der Waals surface area contributed by atoms with E-state index in [9.17, 15) is 0 Å². The van der Waals surface area contributed by atoms with Crippen LogP contribution in [0, 0.1) is 0 Å². The molecular weight excluding hydrogens is 107 g/mol. The molecule has 0 spiro atoms. The van der Waals surface area contributed by atoms with Gasteiger partial charge in [-0.25, -0.2) is 0 Å². The summed E-state index contributed by atoms with van der Waals surface area (Å²) in [5.74, 6) is 0. The molecule has 4 heavy (non-hydrogen) atoms. The summed E-state index contributed by atoms with van der Waals surface area (Å²) in [6.45, 7) is 0. The van der Waals surface area contributed by atoms with Gasteiger partial charge in [0.05, 0.1) is 0 Å². The minimum atomic E-state index is 0. The summed E-state index contributed by atoms with van der Waals surface area (Å²) >= 11 is 0. The van der Waals surface area contributed by atoms with Gasteiger partial charge in [0.2, 0.25) is 10.1 Å². The van der Waals surface area contributed by atoms with E-state index in [2.05, 4.69) is 0 Å². The molecule has 0 radical (unpaired) electrons. The van der Waals surface area contributed by atoms with Crippen molar-refractivity contribution in [3.63, 3.8) is 0 Å². The molecule has 0 aliphatic rings. The fourth-order valence-electron chi connectivity index (χ4n) is 0. The molecule has 0 heterocycles. The van der Waals surface area contributed by atoms with E-state index in [0.717, 1.165) is 0 Å². The Balaban J connectivity index is -0.00000000500. The second-order valence-electron chi connectivity index (χ2n) is 0. The molecule has 0 amide bonds. The Bertz CT molecular complexity index is 8.00. The van der Waals surface area contributed by atoms with Gasteiger partial charge in [0.15, 0.2) is 0 Å². The average Bonchev–Trinajstić information content (AvgIpc) is 1.00. The molecule has 4 heteroatoms. The Kier molecular flexibility index (Phi) is 75.8. The van der Waals surface area contributed by atoms with Crippen molar-refractivity contribution < 1.29 is 4.46 Å². The van der Waals surface area contributed by atoms with Crippen molar-refractivity contribution >= 4 is 77.4 Å². The quantitative estimate of drug-likeness (QED) is 0.314. The van der Waals surface area contributed by atoms with Crippen LogP contribution in [0.3, 0.4) is 0 Å². The maximum atomic E-state index is 8.28. The Hall–Kier alpha value is 2.28. The molecule has 0 saturated heterocycles. The zero-order chi connectivity index (χ0) is 2.00. The normalized spacial score (nSPS) is 1.00. The van der Waals surface area contributed by atoms with Gasteiger partial charge in [0.1, 0.15) is 0 Å². The van der Waals surface area contributed by atoms with Gasteiger partial charge in [-0.05, 0) is 0 Å². The van der Waals surface area contributed by atoms with Crippen LogP contribution in [0.1, 0.15) is 0 Å². The molecule has 0 saturated carbocycles. The third-order valence-corrected chi connectivity index (χ3v) is 0. The standard InChI is InChI=1S/Ca.Na.H2OSi.3H/c;;1-2;;;/h;;2H2;;;. The Labute approximate surface area is 80.3 Å². The molecule has 0 aliphatic carbocycles. The summed E-state index contributed by atoms with van der Waals surface area (Å²) < 4.78 is 8.28. The molecule has 0 aromatic carbocycles. The molecule has 0 aliphatic heterocycles. The van der Waals surface area contributed by atoms with Crippen molar-refractivity contribution in [1.82, 2.24) is 0 Å². The van der Waals surface area contributed by atoms with E-state index in [1.807, 2.05) is 0 Å². The molecule has 0 atom stereocenters. The van der Waals surface area contributed by atoms with Crippen molar-refractivity contribution in [2.24, 2.45) is 0 Å².